The van der Waals surface area contributed by atoms with Gasteiger partial charge in [0.1, 0.15) is 0 Å². The molecule has 4 rings (SSSR count). The van der Waals surface area contributed by atoms with E-state index in [0.29, 0.717) is 47.5 Å². The molecule has 7 nitrogen and oxygen atoms in total. The normalized spacial score (nSPS) is 18.1. The maximum atomic E-state index is 13.4. The second kappa shape index (κ2) is 8.13. The first-order chi connectivity index (χ1) is 14.3. The van der Waals surface area contributed by atoms with Crippen molar-refractivity contribution in [2.45, 2.75) is 45.1 Å². The molecule has 3 aromatic rings. The van der Waals surface area contributed by atoms with Crippen molar-refractivity contribution in [3.05, 3.63) is 46.7 Å². The molecule has 1 atom stereocenters. The summed E-state index contributed by atoms with van der Waals surface area (Å²) in [6.07, 6.45) is 0.644. The average Bonchev–Trinajstić information content (AvgIpc) is 3.34. The van der Waals surface area contributed by atoms with Crippen LogP contribution in [0.3, 0.4) is 0 Å². The first kappa shape index (κ1) is 21.0. The van der Waals surface area contributed by atoms with Gasteiger partial charge >= 0.3 is 0 Å². The number of rotatable bonds is 5. The van der Waals surface area contributed by atoms with Crippen LogP contribution in [0.15, 0.2) is 39.8 Å². The minimum atomic E-state index is -3.59. The molecule has 0 radical (unpaired) electrons. The number of nitrogens with zero attached hydrogens (tertiary/aromatic N) is 4. The quantitative estimate of drug-likeness (QED) is 0.592. The highest BCUT2D eigenvalue weighted by molar-refractivity contribution is 7.89. The standard InChI is InChI=1S/C21H26N4O3S2/c1-5-20-22-21(23-28-20)18-12-19(16(4)29-18)30(26,27)24-9-10-25(15(3)13-24)17-8-6-7-14(2)11-17/h6-8,11-12,15H,5,9-10,13H2,1-4H3. The van der Waals surface area contributed by atoms with Gasteiger partial charge in [-0.2, -0.15) is 9.29 Å². The van der Waals surface area contributed by atoms with Crippen LogP contribution in [0.2, 0.25) is 0 Å². The Kier molecular flexibility index (Phi) is 5.69. The Balaban J connectivity index is 1.56. The smallest absolute Gasteiger partial charge is 0.244 e. The number of piperazine rings is 1. The zero-order valence-corrected chi connectivity index (χ0v) is 19.3. The summed E-state index contributed by atoms with van der Waals surface area (Å²) in [6.45, 7) is 9.46. The monoisotopic (exact) mass is 446 g/mol. The summed E-state index contributed by atoms with van der Waals surface area (Å²) < 4.78 is 33.6. The minimum absolute atomic E-state index is 0.0815. The van der Waals surface area contributed by atoms with Crippen molar-refractivity contribution in [1.82, 2.24) is 14.4 Å². The summed E-state index contributed by atoms with van der Waals surface area (Å²) in [5.41, 5.74) is 2.33. The maximum Gasteiger partial charge on any atom is 0.244 e. The Labute approximate surface area is 181 Å². The largest absolute Gasteiger partial charge is 0.366 e. The van der Waals surface area contributed by atoms with E-state index in [1.807, 2.05) is 19.9 Å². The Morgan fingerprint density at radius 2 is 2.03 bits per heavy atom. The van der Waals surface area contributed by atoms with E-state index in [1.54, 1.807) is 10.4 Å². The molecular weight excluding hydrogens is 420 g/mol. The van der Waals surface area contributed by atoms with Gasteiger partial charge in [-0.25, -0.2) is 8.42 Å². The fourth-order valence-electron chi connectivity index (χ4n) is 3.80. The van der Waals surface area contributed by atoms with Gasteiger partial charge in [-0.3, -0.25) is 0 Å². The predicted molar refractivity (Wildman–Crippen MR) is 118 cm³/mol. The Bertz CT molecular complexity index is 1150. The lowest BCUT2D eigenvalue weighted by molar-refractivity contribution is 0.342. The second-order valence-electron chi connectivity index (χ2n) is 7.64. The minimum Gasteiger partial charge on any atom is -0.366 e. The Morgan fingerprint density at radius 1 is 1.23 bits per heavy atom. The lowest BCUT2D eigenvalue weighted by Gasteiger charge is -2.40. The molecule has 0 aliphatic carbocycles. The van der Waals surface area contributed by atoms with Crippen LogP contribution in [-0.4, -0.2) is 48.5 Å². The molecule has 1 aromatic carbocycles. The summed E-state index contributed by atoms with van der Waals surface area (Å²) >= 11 is 1.38. The fraction of sp³-hybridized carbons (Fsp3) is 0.429. The van der Waals surface area contributed by atoms with Crippen LogP contribution < -0.4 is 4.90 Å². The number of anilines is 1. The van der Waals surface area contributed by atoms with Crippen LogP contribution in [0, 0.1) is 13.8 Å². The van der Waals surface area contributed by atoms with E-state index in [0.717, 1.165) is 10.6 Å². The van der Waals surface area contributed by atoms with Crippen molar-refractivity contribution >= 4 is 27.0 Å². The van der Waals surface area contributed by atoms with Gasteiger partial charge in [0.05, 0.1) is 9.77 Å². The summed E-state index contributed by atoms with van der Waals surface area (Å²) in [5.74, 6) is 0.987. The van der Waals surface area contributed by atoms with Crippen LogP contribution in [0.1, 0.15) is 30.2 Å². The molecule has 0 N–H and O–H groups in total. The number of sulfonamides is 1. The van der Waals surface area contributed by atoms with Crippen LogP contribution in [0.4, 0.5) is 5.69 Å². The van der Waals surface area contributed by atoms with Gasteiger partial charge in [0.25, 0.3) is 0 Å². The zero-order valence-electron chi connectivity index (χ0n) is 17.6. The molecule has 1 saturated heterocycles. The van der Waals surface area contributed by atoms with Crippen LogP contribution in [0.25, 0.3) is 10.7 Å². The first-order valence-corrected chi connectivity index (χ1v) is 12.3. The van der Waals surface area contributed by atoms with Gasteiger partial charge in [-0.1, -0.05) is 24.2 Å². The van der Waals surface area contributed by atoms with Gasteiger partial charge in [0, 0.05) is 42.7 Å². The van der Waals surface area contributed by atoms with Crippen molar-refractivity contribution in [1.29, 1.82) is 0 Å². The maximum absolute atomic E-state index is 13.4. The average molecular weight is 447 g/mol. The van der Waals surface area contributed by atoms with E-state index >= 15 is 0 Å². The summed E-state index contributed by atoms with van der Waals surface area (Å²) in [7, 11) is -3.59. The molecule has 0 saturated carbocycles. The van der Waals surface area contributed by atoms with E-state index in [-0.39, 0.29) is 6.04 Å². The SMILES string of the molecule is CCc1nc(-c2cc(S(=O)(=O)N3CCN(c4cccc(C)c4)C(C)C3)c(C)s2)no1. The van der Waals surface area contributed by atoms with Gasteiger partial charge < -0.3 is 9.42 Å². The Morgan fingerprint density at radius 3 is 2.70 bits per heavy atom. The third kappa shape index (κ3) is 3.89. The van der Waals surface area contributed by atoms with Crippen molar-refractivity contribution in [3.63, 3.8) is 0 Å². The molecule has 0 amide bonds. The summed E-state index contributed by atoms with van der Waals surface area (Å²) in [4.78, 5) is 8.38. The molecule has 2 aromatic heterocycles. The van der Waals surface area contributed by atoms with Crippen molar-refractivity contribution in [3.8, 4) is 10.7 Å². The van der Waals surface area contributed by atoms with Gasteiger partial charge in [-0.05, 0) is 44.5 Å². The molecule has 0 bridgehead atoms. The third-order valence-corrected chi connectivity index (χ3v) is 8.57. The molecule has 30 heavy (non-hydrogen) atoms. The van der Waals surface area contributed by atoms with E-state index in [1.165, 1.54) is 16.9 Å². The van der Waals surface area contributed by atoms with Crippen molar-refractivity contribution in [2.75, 3.05) is 24.5 Å². The number of hydrogen-bond donors (Lipinski definition) is 0. The highest BCUT2D eigenvalue weighted by atomic mass is 32.2. The molecule has 1 aliphatic heterocycles. The molecule has 1 unspecified atom stereocenters. The second-order valence-corrected chi connectivity index (χ2v) is 10.8. The lowest BCUT2D eigenvalue weighted by Crippen LogP contribution is -2.53. The van der Waals surface area contributed by atoms with Gasteiger partial charge in [0.15, 0.2) is 0 Å². The highest BCUT2D eigenvalue weighted by Gasteiger charge is 2.34. The molecule has 9 heteroatoms. The fourth-order valence-corrected chi connectivity index (χ4v) is 6.80. The van der Waals surface area contributed by atoms with Gasteiger partial charge in [-0.15, -0.1) is 11.3 Å². The number of thiophene rings is 1. The predicted octanol–water partition coefficient (Wildman–Crippen LogP) is 3.88. The van der Waals surface area contributed by atoms with Crippen LogP contribution in [0.5, 0.6) is 0 Å². The topological polar surface area (TPSA) is 79.5 Å². The van der Waals surface area contributed by atoms with Crippen LogP contribution in [-0.2, 0) is 16.4 Å². The molecule has 1 aliphatic rings. The van der Waals surface area contributed by atoms with E-state index in [2.05, 4.69) is 47.1 Å². The summed E-state index contributed by atoms with van der Waals surface area (Å²) in [6, 6.07) is 10.1. The number of benzene rings is 1. The molecule has 1 fully saturated rings. The van der Waals surface area contributed by atoms with E-state index in [4.69, 9.17) is 4.52 Å². The Hall–Kier alpha value is -2.23. The zero-order chi connectivity index (χ0) is 21.5. The number of hydrogen-bond acceptors (Lipinski definition) is 7. The van der Waals surface area contributed by atoms with Crippen molar-refractivity contribution < 1.29 is 12.9 Å². The first-order valence-electron chi connectivity index (χ1n) is 10.1. The van der Waals surface area contributed by atoms with Crippen molar-refractivity contribution in [2.24, 2.45) is 0 Å². The molecule has 0 spiro atoms. The number of aryl methyl sites for hydroxylation is 3. The third-order valence-electron chi connectivity index (χ3n) is 5.40. The lowest BCUT2D eigenvalue weighted by atomic mass is 10.1. The molecule has 160 valence electrons. The highest BCUT2D eigenvalue weighted by Crippen LogP contribution is 2.34. The number of aromatic nitrogens is 2. The molecular formula is C21H26N4O3S2. The van der Waals surface area contributed by atoms with E-state index in [9.17, 15) is 8.42 Å². The molecule has 3 heterocycles. The summed E-state index contributed by atoms with van der Waals surface area (Å²) in [5, 5.41) is 3.98. The van der Waals surface area contributed by atoms with Gasteiger partial charge in [0.2, 0.25) is 21.7 Å². The van der Waals surface area contributed by atoms with Crippen LogP contribution >= 0.6 is 11.3 Å². The van der Waals surface area contributed by atoms with E-state index < -0.39 is 10.0 Å².